The summed E-state index contributed by atoms with van der Waals surface area (Å²) in [4.78, 5) is 42.4. The van der Waals surface area contributed by atoms with Crippen LogP contribution in [0.3, 0.4) is 0 Å². The SMILES string of the molecule is O=C(O)CCC(=O)OCc1cc2[nH]c1c(-c1ccccc1)c1nc(c(-c3ccccc3)c3ccc([nH]3)c(-c3ccccc3)c3nc(c2-c2ccccc2)C=C3)C=C1. The molecular formula is C49H36N4O4. The third kappa shape index (κ3) is 7.08. The summed E-state index contributed by atoms with van der Waals surface area (Å²) < 4.78 is 5.78. The maximum Gasteiger partial charge on any atom is 0.306 e. The van der Waals surface area contributed by atoms with Crippen LogP contribution in [0.1, 0.15) is 41.2 Å². The normalized spacial score (nSPS) is 11.8. The molecule has 0 fully saturated rings. The number of carbonyl (C=O) groups excluding carboxylic acids is 1. The highest BCUT2D eigenvalue weighted by molar-refractivity contribution is 6.00. The smallest absolute Gasteiger partial charge is 0.306 e. The number of carboxylic acids is 1. The largest absolute Gasteiger partial charge is 0.481 e. The van der Waals surface area contributed by atoms with E-state index in [1.165, 1.54) is 0 Å². The van der Waals surface area contributed by atoms with Crippen LogP contribution in [0.2, 0.25) is 0 Å². The second-order valence-corrected chi connectivity index (χ2v) is 13.8. The summed E-state index contributed by atoms with van der Waals surface area (Å²) in [6, 6.07) is 46.8. The topological polar surface area (TPSA) is 121 Å². The molecule has 0 saturated carbocycles. The molecule has 0 atom stereocenters. The monoisotopic (exact) mass is 744 g/mol. The highest BCUT2D eigenvalue weighted by atomic mass is 16.5. The second kappa shape index (κ2) is 15.3. The quantitative estimate of drug-likeness (QED) is 0.127. The zero-order valence-electron chi connectivity index (χ0n) is 30.8. The number of carbonyl (C=O) groups is 2. The lowest BCUT2D eigenvalue weighted by molar-refractivity contribution is -0.148. The molecule has 3 aromatic heterocycles. The van der Waals surface area contributed by atoms with Crippen LogP contribution in [0.15, 0.2) is 140 Å². The van der Waals surface area contributed by atoms with Crippen molar-refractivity contribution in [3.63, 3.8) is 0 Å². The number of aliphatic carboxylic acids is 1. The Kier molecular flexibility index (Phi) is 9.42. The fraction of sp³-hybridized carbons (Fsp3) is 0.0612. The fourth-order valence-corrected chi connectivity index (χ4v) is 7.54. The number of carboxylic acid groups (broad SMARTS) is 1. The third-order valence-corrected chi connectivity index (χ3v) is 10.1. The van der Waals surface area contributed by atoms with Crippen LogP contribution in [0.25, 0.3) is 90.9 Å². The van der Waals surface area contributed by atoms with Crippen molar-refractivity contribution in [1.82, 2.24) is 19.9 Å². The van der Waals surface area contributed by atoms with Crippen molar-refractivity contribution in [2.24, 2.45) is 0 Å². The van der Waals surface area contributed by atoms with Gasteiger partial charge in [-0.3, -0.25) is 9.59 Å². The summed E-state index contributed by atoms with van der Waals surface area (Å²) in [5, 5.41) is 9.22. The van der Waals surface area contributed by atoms with Crippen LogP contribution < -0.4 is 0 Å². The lowest BCUT2D eigenvalue weighted by Gasteiger charge is -2.08. The standard InChI is InChI=1S/C49H36N4O4/c54-43(55)27-28-44(56)57-30-35-29-42-47(33-17-9-3-10-18-33)40-24-23-38(51-40)45(31-13-5-1-6-14-31)36-21-22-37(50-36)46(32-15-7-2-8-16-32)39-25-26-41(52-39)48(49(35)53-42)34-19-11-4-12-20-34/h1-26,29,50,53H,27-28,30H2,(H,54,55). The van der Waals surface area contributed by atoms with E-state index < -0.39 is 11.9 Å². The van der Waals surface area contributed by atoms with Crippen LogP contribution in [-0.2, 0) is 20.9 Å². The number of rotatable bonds is 9. The highest BCUT2D eigenvalue weighted by Gasteiger charge is 2.21. The van der Waals surface area contributed by atoms with E-state index >= 15 is 0 Å². The molecule has 7 aromatic rings. The Morgan fingerprint density at radius 3 is 1.33 bits per heavy atom. The number of H-pyrrole nitrogens is 2. The van der Waals surface area contributed by atoms with E-state index in [0.717, 1.165) is 89.4 Å². The van der Waals surface area contributed by atoms with Crippen LogP contribution in [-0.4, -0.2) is 37.0 Å². The van der Waals surface area contributed by atoms with Gasteiger partial charge in [-0.1, -0.05) is 121 Å². The first-order valence-corrected chi connectivity index (χ1v) is 18.8. The van der Waals surface area contributed by atoms with Gasteiger partial charge in [0.1, 0.15) is 6.61 Å². The van der Waals surface area contributed by atoms with Crippen molar-refractivity contribution in [3.05, 3.63) is 168 Å². The number of esters is 1. The van der Waals surface area contributed by atoms with E-state index in [2.05, 4.69) is 64.6 Å². The highest BCUT2D eigenvalue weighted by Crippen LogP contribution is 2.39. The van der Waals surface area contributed by atoms with Crippen LogP contribution in [0.5, 0.6) is 0 Å². The first-order chi connectivity index (χ1) is 28.0. The van der Waals surface area contributed by atoms with E-state index in [1.54, 1.807) is 0 Å². The van der Waals surface area contributed by atoms with E-state index in [9.17, 15) is 14.7 Å². The molecule has 8 heteroatoms. The third-order valence-electron chi connectivity index (χ3n) is 10.1. The molecule has 57 heavy (non-hydrogen) atoms. The summed E-state index contributed by atoms with van der Waals surface area (Å²) in [6.45, 7) is -0.0891. The fourth-order valence-electron chi connectivity index (χ4n) is 7.54. The van der Waals surface area contributed by atoms with Gasteiger partial charge in [0.05, 0.1) is 41.1 Å². The van der Waals surface area contributed by atoms with E-state index in [1.807, 2.05) is 109 Å². The molecule has 0 amide bonds. The Morgan fingerprint density at radius 1 is 0.491 bits per heavy atom. The van der Waals surface area contributed by atoms with Crippen LogP contribution >= 0.6 is 0 Å². The van der Waals surface area contributed by atoms with Gasteiger partial charge in [-0.05, 0) is 64.8 Å². The van der Waals surface area contributed by atoms with E-state index in [-0.39, 0.29) is 19.4 Å². The molecule has 5 heterocycles. The maximum absolute atomic E-state index is 12.9. The first kappa shape index (κ1) is 35.1. The lowest BCUT2D eigenvalue weighted by Crippen LogP contribution is -2.07. The van der Waals surface area contributed by atoms with Gasteiger partial charge < -0.3 is 19.8 Å². The molecule has 0 saturated heterocycles. The van der Waals surface area contributed by atoms with Crippen molar-refractivity contribution < 1.29 is 19.4 Å². The summed E-state index contributed by atoms with van der Waals surface area (Å²) in [6.07, 6.45) is 7.63. The zero-order chi connectivity index (χ0) is 38.7. The van der Waals surface area contributed by atoms with Gasteiger partial charge in [0, 0.05) is 44.4 Å². The van der Waals surface area contributed by atoms with Crippen LogP contribution in [0, 0.1) is 0 Å². The molecule has 2 aliphatic heterocycles. The Balaban J connectivity index is 1.44. The van der Waals surface area contributed by atoms with Gasteiger partial charge in [-0.15, -0.1) is 0 Å². The molecule has 8 bridgehead atoms. The molecule has 0 spiro atoms. The first-order valence-electron chi connectivity index (χ1n) is 18.8. The predicted molar refractivity (Wildman–Crippen MR) is 227 cm³/mol. The van der Waals surface area contributed by atoms with E-state index in [0.29, 0.717) is 5.56 Å². The second-order valence-electron chi connectivity index (χ2n) is 13.8. The summed E-state index contributed by atoms with van der Waals surface area (Å²) >= 11 is 0. The van der Waals surface area contributed by atoms with Gasteiger partial charge in [-0.2, -0.15) is 0 Å². The van der Waals surface area contributed by atoms with E-state index in [4.69, 9.17) is 14.7 Å². The minimum atomic E-state index is -1.06. The molecule has 0 unspecified atom stereocenters. The Bertz CT molecular complexity index is 2880. The molecule has 2 aliphatic rings. The number of aromatic amines is 2. The molecule has 0 aliphatic carbocycles. The van der Waals surface area contributed by atoms with Gasteiger partial charge in [-0.25, -0.2) is 9.97 Å². The molecule has 0 radical (unpaired) electrons. The molecule has 9 rings (SSSR count). The van der Waals surface area contributed by atoms with Crippen molar-refractivity contribution in [1.29, 1.82) is 0 Å². The maximum atomic E-state index is 12.9. The number of hydrogen-bond acceptors (Lipinski definition) is 5. The number of nitrogens with one attached hydrogen (secondary N) is 2. The van der Waals surface area contributed by atoms with Gasteiger partial charge in [0.25, 0.3) is 0 Å². The Labute approximate surface area is 328 Å². The average Bonchev–Trinajstić information content (AvgIpc) is 4.08. The van der Waals surface area contributed by atoms with Crippen molar-refractivity contribution in [2.45, 2.75) is 19.4 Å². The number of ether oxygens (including phenoxy) is 1. The Hall–Kier alpha value is -7.58. The lowest BCUT2D eigenvalue weighted by atomic mass is 10.0. The summed E-state index contributed by atoms with van der Waals surface area (Å²) in [5.41, 5.74) is 14.5. The number of fused-ring (bicyclic) bond motifs is 8. The Morgan fingerprint density at radius 2 is 0.895 bits per heavy atom. The summed E-state index contributed by atoms with van der Waals surface area (Å²) in [5.74, 6) is -1.65. The average molecular weight is 745 g/mol. The predicted octanol–water partition coefficient (Wildman–Crippen LogP) is 11.2. The molecule has 276 valence electrons. The van der Waals surface area contributed by atoms with Crippen molar-refractivity contribution in [3.8, 4) is 44.5 Å². The number of aromatic nitrogens is 4. The number of hydrogen-bond donors (Lipinski definition) is 3. The minimum Gasteiger partial charge on any atom is -0.481 e. The minimum absolute atomic E-state index is 0.0891. The molecule has 3 N–H and O–H groups in total. The van der Waals surface area contributed by atoms with Crippen molar-refractivity contribution >= 4 is 58.3 Å². The molecule has 4 aromatic carbocycles. The van der Waals surface area contributed by atoms with Gasteiger partial charge >= 0.3 is 11.9 Å². The number of nitrogens with zero attached hydrogens (tertiary/aromatic N) is 2. The summed E-state index contributed by atoms with van der Waals surface area (Å²) in [7, 11) is 0. The van der Waals surface area contributed by atoms with Crippen molar-refractivity contribution in [2.75, 3.05) is 0 Å². The number of benzene rings is 4. The van der Waals surface area contributed by atoms with Gasteiger partial charge in [0.15, 0.2) is 0 Å². The van der Waals surface area contributed by atoms with Crippen LogP contribution in [0.4, 0.5) is 0 Å². The molecule has 8 nitrogen and oxygen atoms in total. The zero-order valence-corrected chi connectivity index (χ0v) is 30.8. The molecular weight excluding hydrogens is 709 g/mol. The van der Waals surface area contributed by atoms with Gasteiger partial charge in [0.2, 0.25) is 0 Å².